The second-order valence-corrected chi connectivity index (χ2v) is 10.0. The van der Waals surface area contributed by atoms with Crippen LogP contribution in [0.15, 0.2) is 61.2 Å². The van der Waals surface area contributed by atoms with E-state index in [1.54, 1.807) is 15.5 Å². The van der Waals surface area contributed by atoms with Gasteiger partial charge in [0, 0.05) is 35.6 Å². The summed E-state index contributed by atoms with van der Waals surface area (Å²) in [5.74, 6) is 1.96. The predicted molar refractivity (Wildman–Crippen MR) is 144 cm³/mol. The minimum Gasteiger partial charge on any atom is -0.487 e. The molecule has 0 unspecified atom stereocenters. The molecule has 10 nitrogen and oxygen atoms in total. The Kier molecular flexibility index (Phi) is 5.38. The minimum atomic E-state index is -0.219. The van der Waals surface area contributed by atoms with E-state index in [1.807, 2.05) is 75.8 Å². The van der Waals surface area contributed by atoms with Crippen LogP contribution < -0.4 is 9.47 Å². The van der Waals surface area contributed by atoms with Crippen molar-refractivity contribution in [2.24, 2.45) is 7.05 Å². The van der Waals surface area contributed by atoms with Crippen molar-refractivity contribution in [3.8, 4) is 28.9 Å². The molecule has 1 atom stereocenters. The summed E-state index contributed by atoms with van der Waals surface area (Å²) in [4.78, 5) is 9.53. The maximum absolute atomic E-state index is 6.31. The molecular weight excluding hydrogens is 516 g/mol. The third-order valence-corrected chi connectivity index (χ3v) is 7.15. The summed E-state index contributed by atoms with van der Waals surface area (Å²) >= 11 is 6.31. The minimum absolute atomic E-state index is 0.219. The molecule has 0 saturated heterocycles. The number of aryl methyl sites for hydroxylation is 3. The van der Waals surface area contributed by atoms with Crippen LogP contribution in [-0.4, -0.2) is 39.6 Å². The number of H-pyrrole nitrogens is 1. The first kappa shape index (κ1) is 23.4. The molecule has 6 aromatic rings. The van der Waals surface area contributed by atoms with Crippen LogP contribution in [0.3, 0.4) is 0 Å². The van der Waals surface area contributed by atoms with Crippen LogP contribution in [0.25, 0.3) is 17.0 Å². The number of benzene rings is 2. The Balaban J connectivity index is 1.28. The standard InChI is InChI=1S/C28H23ClN8O2/c1-15-7-8-20(29)21(9-15)38-13-17-5-4-6-18(10-17)25-32-26-24-23(19-11-31-36(3)12-19)22-16(2)33-34-28(22)39-27(24)30-14-37(26)35-25/h4-12,14,23H,13H2,1-3H3,(H,33,34)/t23-/m1/s1. The molecule has 0 aliphatic carbocycles. The zero-order chi connectivity index (χ0) is 26.7. The molecule has 1 aliphatic heterocycles. The number of hydrogen-bond donors (Lipinski definition) is 1. The van der Waals surface area contributed by atoms with Crippen molar-refractivity contribution in [3.63, 3.8) is 0 Å². The van der Waals surface area contributed by atoms with Gasteiger partial charge < -0.3 is 9.47 Å². The topological polar surface area (TPSA) is 108 Å². The molecule has 0 bridgehead atoms. The van der Waals surface area contributed by atoms with Crippen LogP contribution in [0.1, 0.15) is 39.4 Å². The molecule has 1 N–H and O–H groups in total. The van der Waals surface area contributed by atoms with Crippen LogP contribution >= 0.6 is 11.6 Å². The maximum Gasteiger partial charge on any atom is 0.244 e. The highest BCUT2D eigenvalue weighted by Gasteiger charge is 2.37. The monoisotopic (exact) mass is 538 g/mol. The number of halogens is 1. The van der Waals surface area contributed by atoms with Crippen molar-refractivity contribution in [1.29, 1.82) is 0 Å². The molecule has 0 saturated carbocycles. The van der Waals surface area contributed by atoms with Crippen LogP contribution in [0.4, 0.5) is 0 Å². The van der Waals surface area contributed by atoms with Crippen molar-refractivity contribution < 1.29 is 9.47 Å². The Labute approximate surface area is 228 Å². The largest absolute Gasteiger partial charge is 0.487 e. The number of fused-ring (bicyclic) bond motifs is 4. The number of aromatic amines is 1. The Morgan fingerprint density at radius 2 is 2.00 bits per heavy atom. The average molecular weight is 539 g/mol. The first-order valence-corrected chi connectivity index (χ1v) is 12.8. The average Bonchev–Trinajstić information content (AvgIpc) is 3.66. The lowest BCUT2D eigenvalue weighted by molar-refractivity contribution is 0.306. The van der Waals surface area contributed by atoms with E-state index < -0.39 is 0 Å². The van der Waals surface area contributed by atoms with E-state index in [2.05, 4.69) is 20.3 Å². The van der Waals surface area contributed by atoms with Crippen LogP contribution in [0, 0.1) is 13.8 Å². The molecule has 194 valence electrons. The summed E-state index contributed by atoms with van der Waals surface area (Å²) in [5, 5.41) is 17.1. The van der Waals surface area contributed by atoms with Crippen LogP contribution in [-0.2, 0) is 13.7 Å². The zero-order valence-electron chi connectivity index (χ0n) is 21.4. The van der Waals surface area contributed by atoms with Gasteiger partial charge in [0.2, 0.25) is 11.8 Å². The third-order valence-electron chi connectivity index (χ3n) is 6.84. The van der Waals surface area contributed by atoms with E-state index >= 15 is 0 Å². The molecule has 4 aromatic heterocycles. The van der Waals surface area contributed by atoms with Crippen molar-refractivity contribution in [3.05, 3.63) is 99.7 Å². The van der Waals surface area contributed by atoms with Crippen molar-refractivity contribution in [2.75, 3.05) is 0 Å². The predicted octanol–water partition coefficient (Wildman–Crippen LogP) is 5.38. The molecule has 11 heteroatoms. The smallest absolute Gasteiger partial charge is 0.244 e. The molecule has 7 rings (SSSR count). The first-order valence-electron chi connectivity index (χ1n) is 12.4. The molecule has 0 fully saturated rings. The molecule has 5 heterocycles. The Morgan fingerprint density at radius 1 is 1.10 bits per heavy atom. The fourth-order valence-electron chi connectivity index (χ4n) is 4.99. The summed E-state index contributed by atoms with van der Waals surface area (Å²) < 4.78 is 15.6. The lowest BCUT2D eigenvalue weighted by Gasteiger charge is -2.24. The van der Waals surface area contributed by atoms with Gasteiger partial charge in [-0.15, -0.1) is 10.2 Å². The molecular formula is C28H23ClN8O2. The van der Waals surface area contributed by atoms with E-state index in [4.69, 9.17) is 31.2 Å². The highest BCUT2D eigenvalue weighted by atomic mass is 35.5. The molecule has 0 radical (unpaired) electrons. The summed E-state index contributed by atoms with van der Waals surface area (Å²) in [6.45, 7) is 4.34. The van der Waals surface area contributed by atoms with E-state index in [9.17, 15) is 0 Å². The van der Waals surface area contributed by atoms with E-state index in [0.717, 1.165) is 39.1 Å². The number of ether oxygens (including phenoxy) is 2. The van der Waals surface area contributed by atoms with E-state index in [-0.39, 0.29) is 5.92 Å². The number of aromatic nitrogens is 8. The first-order chi connectivity index (χ1) is 18.9. The summed E-state index contributed by atoms with van der Waals surface area (Å²) in [5.41, 5.74) is 7.22. The van der Waals surface area contributed by atoms with Gasteiger partial charge in [-0.2, -0.15) is 5.10 Å². The van der Waals surface area contributed by atoms with E-state index in [0.29, 0.717) is 40.6 Å². The lowest BCUT2D eigenvalue weighted by atomic mass is 9.86. The zero-order valence-corrected chi connectivity index (χ0v) is 22.1. The van der Waals surface area contributed by atoms with Gasteiger partial charge in [0.25, 0.3) is 0 Å². The molecule has 1 aliphatic rings. The van der Waals surface area contributed by atoms with Crippen molar-refractivity contribution >= 4 is 17.2 Å². The third kappa shape index (κ3) is 4.00. The molecule has 0 amide bonds. The van der Waals surface area contributed by atoms with Gasteiger partial charge in [-0.1, -0.05) is 35.9 Å². The van der Waals surface area contributed by atoms with Crippen molar-refractivity contribution in [2.45, 2.75) is 26.4 Å². The number of rotatable bonds is 5. The maximum atomic E-state index is 6.31. The van der Waals surface area contributed by atoms with Crippen LogP contribution in [0.5, 0.6) is 17.5 Å². The summed E-state index contributed by atoms with van der Waals surface area (Å²) in [6, 6.07) is 13.7. The SMILES string of the molecule is Cc1ccc(Cl)c(OCc2cccc(-c3nc4c5c(ncn4n3)Oc3n[nH]c(C)c3[C@H]5c3cnn(C)c3)c2)c1. The van der Waals surface area contributed by atoms with Gasteiger partial charge >= 0.3 is 0 Å². The second-order valence-electron chi connectivity index (χ2n) is 9.64. The number of nitrogens with one attached hydrogen (secondary N) is 1. The summed E-state index contributed by atoms with van der Waals surface area (Å²) in [6.07, 6.45) is 5.45. The molecule has 0 spiro atoms. The highest BCUT2D eigenvalue weighted by Crippen LogP contribution is 2.48. The fraction of sp³-hybridized carbons (Fsp3) is 0.179. The molecule has 39 heavy (non-hydrogen) atoms. The second kappa shape index (κ2) is 8.95. The Hall–Kier alpha value is -4.70. The van der Waals surface area contributed by atoms with Gasteiger partial charge in [0.15, 0.2) is 11.5 Å². The Bertz CT molecular complexity index is 1870. The fourth-order valence-corrected chi connectivity index (χ4v) is 5.16. The Morgan fingerprint density at radius 3 is 2.85 bits per heavy atom. The quantitative estimate of drug-likeness (QED) is 0.313. The normalized spacial score (nSPS) is 14.2. The number of hydrogen-bond acceptors (Lipinski definition) is 7. The van der Waals surface area contributed by atoms with Gasteiger partial charge in [0.1, 0.15) is 18.7 Å². The number of nitrogens with zero attached hydrogens (tertiary/aromatic N) is 7. The van der Waals surface area contributed by atoms with E-state index in [1.165, 1.54) is 0 Å². The lowest BCUT2D eigenvalue weighted by Crippen LogP contribution is -2.14. The van der Waals surface area contributed by atoms with Crippen LogP contribution in [0.2, 0.25) is 5.02 Å². The van der Waals surface area contributed by atoms with Gasteiger partial charge in [-0.25, -0.2) is 14.5 Å². The van der Waals surface area contributed by atoms with Gasteiger partial charge in [0.05, 0.1) is 22.7 Å². The highest BCUT2D eigenvalue weighted by molar-refractivity contribution is 6.32. The van der Waals surface area contributed by atoms with Crippen molar-refractivity contribution in [1.82, 2.24) is 39.6 Å². The summed E-state index contributed by atoms with van der Waals surface area (Å²) in [7, 11) is 1.89. The van der Waals surface area contributed by atoms with Gasteiger partial charge in [-0.05, 0) is 43.2 Å². The molecule has 2 aromatic carbocycles. The van der Waals surface area contributed by atoms with Gasteiger partial charge in [-0.3, -0.25) is 9.78 Å².